The van der Waals surface area contributed by atoms with E-state index in [1.165, 1.54) is 0 Å². The van der Waals surface area contributed by atoms with Gasteiger partial charge in [-0.15, -0.1) is 0 Å². The average molecular weight is 377 g/mol. The minimum Gasteiger partial charge on any atom is -0.497 e. The second-order valence-electron chi connectivity index (χ2n) is 6.27. The summed E-state index contributed by atoms with van der Waals surface area (Å²) in [7, 11) is 5.60. The summed E-state index contributed by atoms with van der Waals surface area (Å²) in [6, 6.07) is 18.7. The van der Waals surface area contributed by atoms with E-state index in [1.807, 2.05) is 54.0 Å². The molecule has 0 aliphatic rings. The molecule has 3 aromatic rings. The van der Waals surface area contributed by atoms with Crippen molar-refractivity contribution in [2.45, 2.75) is 0 Å². The van der Waals surface area contributed by atoms with Gasteiger partial charge in [0.2, 0.25) is 0 Å². The zero-order chi connectivity index (χ0) is 19.9. The smallest absolute Gasteiger partial charge is 0.339 e. The first-order valence-electron chi connectivity index (χ1n) is 8.76. The molecule has 2 amide bonds. The lowest BCUT2D eigenvalue weighted by atomic mass is 10.2. The predicted octanol–water partition coefficient (Wildman–Crippen LogP) is 3.71. The Balaban J connectivity index is 1.61. The van der Waals surface area contributed by atoms with Gasteiger partial charge in [0.1, 0.15) is 5.75 Å². The number of urea groups is 1. The summed E-state index contributed by atoms with van der Waals surface area (Å²) in [5, 5.41) is 6.74. The second-order valence-corrected chi connectivity index (χ2v) is 6.27. The lowest BCUT2D eigenvalue weighted by Crippen LogP contribution is -2.24. The van der Waals surface area contributed by atoms with E-state index in [0.29, 0.717) is 5.69 Å². The molecule has 1 aromatic heterocycles. The van der Waals surface area contributed by atoms with Gasteiger partial charge in [0, 0.05) is 37.4 Å². The van der Waals surface area contributed by atoms with E-state index in [-0.39, 0.29) is 0 Å². The van der Waals surface area contributed by atoms with E-state index < -0.39 is 6.03 Å². The Labute approximate surface area is 164 Å². The fourth-order valence-corrected chi connectivity index (χ4v) is 2.64. The Morgan fingerprint density at radius 1 is 1.07 bits per heavy atom. The third-order valence-corrected chi connectivity index (χ3v) is 4.14. The van der Waals surface area contributed by atoms with Crippen LogP contribution in [-0.2, 0) is 0 Å². The molecule has 0 aliphatic carbocycles. The average Bonchev–Trinajstić information content (AvgIpc) is 3.17. The Morgan fingerprint density at radius 2 is 1.79 bits per heavy atom. The molecule has 0 atom stereocenters. The van der Waals surface area contributed by atoms with Crippen molar-refractivity contribution in [3.8, 4) is 11.4 Å². The topological polar surface area (TPSA) is 70.9 Å². The number of carbonyl (C=O) groups is 1. The van der Waals surface area contributed by atoms with Crippen LogP contribution >= 0.6 is 0 Å². The highest BCUT2D eigenvalue weighted by molar-refractivity contribution is 5.90. The number of hydrogen-bond acceptors (Lipinski definition) is 4. The minimum absolute atomic E-state index is 0.421. The molecule has 28 heavy (non-hydrogen) atoms. The molecule has 0 fully saturated rings. The SMILES string of the molecule is COc1ccc(NC(=O)N/N=C/c2cccn2-c2ccc(N(C)C)cc2)cc1. The molecule has 7 nitrogen and oxygen atoms in total. The van der Waals surface area contributed by atoms with Crippen LogP contribution in [0.1, 0.15) is 5.69 Å². The highest BCUT2D eigenvalue weighted by atomic mass is 16.5. The molecule has 1 heterocycles. The van der Waals surface area contributed by atoms with Gasteiger partial charge in [0.05, 0.1) is 19.0 Å². The van der Waals surface area contributed by atoms with Gasteiger partial charge in [-0.2, -0.15) is 5.10 Å². The number of amides is 2. The number of hydrogen-bond donors (Lipinski definition) is 2. The van der Waals surface area contributed by atoms with Crippen molar-refractivity contribution in [3.05, 3.63) is 72.6 Å². The summed E-state index contributed by atoms with van der Waals surface area (Å²) in [5.41, 5.74) is 6.11. The van der Waals surface area contributed by atoms with Gasteiger partial charge in [0.15, 0.2) is 0 Å². The molecule has 2 aromatic carbocycles. The zero-order valence-corrected chi connectivity index (χ0v) is 16.1. The molecular weight excluding hydrogens is 354 g/mol. The van der Waals surface area contributed by atoms with Crippen LogP contribution in [0.4, 0.5) is 16.2 Å². The number of ether oxygens (including phenoxy) is 1. The number of nitrogens with one attached hydrogen (secondary N) is 2. The van der Waals surface area contributed by atoms with Crippen LogP contribution in [0, 0.1) is 0 Å². The lowest BCUT2D eigenvalue weighted by Gasteiger charge is -2.13. The maximum atomic E-state index is 12.0. The van der Waals surface area contributed by atoms with Gasteiger partial charge in [-0.3, -0.25) is 0 Å². The summed E-state index contributed by atoms with van der Waals surface area (Å²) >= 11 is 0. The molecule has 0 spiro atoms. The number of benzene rings is 2. The Hall–Kier alpha value is -3.74. The van der Waals surface area contributed by atoms with Crippen molar-refractivity contribution in [3.63, 3.8) is 0 Å². The van der Waals surface area contributed by atoms with Crippen LogP contribution in [0.15, 0.2) is 72.0 Å². The summed E-state index contributed by atoms with van der Waals surface area (Å²) < 4.78 is 7.08. The van der Waals surface area contributed by atoms with Crippen LogP contribution in [0.25, 0.3) is 5.69 Å². The first-order chi connectivity index (χ1) is 13.6. The van der Waals surface area contributed by atoms with Crippen molar-refractivity contribution in [2.24, 2.45) is 5.10 Å². The normalized spacial score (nSPS) is 10.7. The predicted molar refractivity (Wildman–Crippen MR) is 113 cm³/mol. The van der Waals surface area contributed by atoms with Crippen molar-refractivity contribution in [1.29, 1.82) is 0 Å². The van der Waals surface area contributed by atoms with Gasteiger partial charge in [-0.25, -0.2) is 10.2 Å². The molecule has 0 bridgehead atoms. The molecule has 3 rings (SSSR count). The largest absolute Gasteiger partial charge is 0.497 e. The first kappa shape index (κ1) is 19.0. The molecule has 144 valence electrons. The van der Waals surface area contributed by atoms with E-state index in [9.17, 15) is 4.79 Å². The van der Waals surface area contributed by atoms with Crippen molar-refractivity contribution >= 4 is 23.6 Å². The van der Waals surface area contributed by atoms with Gasteiger partial charge < -0.3 is 19.5 Å². The number of rotatable bonds is 6. The zero-order valence-electron chi connectivity index (χ0n) is 16.1. The fraction of sp³-hybridized carbons (Fsp3) is 0.143. The van der Waals surface area contributed by atoms with Gasteiger partial charge in [-0.1, -0.05) is 0 Å². The monoisotopic (exact) mass is 377 g/mol. The Bertz CT molecular complexity index is 944. The lowest BCUT2D eigenvalue weighted by molar-refractivity contribution is 0.252. The van der Waals surface area contributed by atoms with E-state index in [1.54, 1.807) is 37.6 Å². The third kappa shape index (κ3) is 4.70. The number of nitrogens with zero attached hydrogens (tertiary/aromatic N) is 3. The van der Waals surface area contributed by atoms with Gasteiger partial charge in [0.25, 0.3) is 0 Å². The molecule has 0 saturated carbocycles. The van der Waals surface area contributed by atoms with Crippen LogP contribution in [0.3, 0.4) is 0 Å². The minimum atomic E-state index is -0.421. The fourth-order valence-electron chi connectivity index (χ4n) is 2.64. The van der Waals surface area contributed by atoms with Gasteiger partial charge in [-0.05, 0) is 60.7 Å². The highest BCUT2D eigenvalue weighted by Crippen LogP contribution is 2.17. The molecule has 7 heteroatoms. The second kappa shape index (κ2) is 8.77. The van der Waals surface area contributed by atoms with Crippen LogP contribution < -0.4 is 20.4 Å². The number of hydrazone groups is 1. The molecule has 0 aliphatic heterocycles. The number of aromatic nitrogens is 1. The van der Waals surface area contributed by atoms with E-state index >= 15 is 0 Å². The van der Waals surface area contributed by atoms with Crippen LogP contribution in [0.5, 0.6) is 5.75 Å². The summed E-state index contributed by atoms with van der Waals surface area (Å²) in [6.07, 6.45) is 3.55. The van der Waals surface area contributed by atoms with E-state index in [2.05, 4.69) is 28.0 Å². The molecule has 0 radical (unpaired) electrons. The number of anilines is 2. The highest BCUT2D eigenvalue weighted by Gasteiger charge is 2.03. The summed E-state index contributed by atoms with van der Waals surface area (Å²) in [6.45, 7) is 0. The quantitative estimate of drug-likeness (QED) is 0.508. The van der Waals surface area contributed by atoms with Crippen LogP contribution in [-0.4, -0.2) is 38.0 Å². The summed E-state index contributed by atoms with van der Waals surface area (Å²) in [5.74, 6) is 0.725. The van der Waals surface area contributed by atoms with Gasteiger partial charge >= 0.3 is 6.03 Å². The maximum absolute atomic E-state index is 12.0. The van der Waals surface area contributed by atoms with Crippen molar-refractivity contribution in [2.75, 3.05) is 31.4 Å². The molecule has 2 N–H and O–H groups in total. The number of carbonyl (C=O) groups excluding carboxylic acids is 1. The molecular formula is C21H23N5O2. The Morgan fingerprint density at radius 3 is 2.43 bits per heavy atom. The third-order valence-electron chi connectivity index (χ3n) is 4.14. The van der Waals surface area contributed by atoms with E-state index in [0.717, 1.165) is 22.8 Å². The standard InChI is InChI=1S/C21H23N5O2/c1-25(2)17-8-10-18(11-9-17)26-14-4-5-19(26)15-22-24-21(27)23-16-6-12-20(28-3)13-7-16/h4-15H,1-3H3,(H2,23,24,27)/b22-15+. The Kier molecular flexibility index (Phi) is 5.96. The van der Waals surface area contributed by atoms with Crippen molar-refractivity contribution < 1.29 is 9.53 Å². The molecule has 0 unspecified atom stereocenters. The maximum Gasteiger partial charge on any atom is 0.339 e. The summed E-state index contributed by atoms with van der Waals surface area (Å²) in [4.78, 5) is 14.0. The number of methoxy groups -OCH3 is 1. The van der Waals surface area contributed by atoms with E-state index in [4.69, 9.17) is 4.74 Å². The first-order valence-corrected chi connectivity index (χ1v) is 8.76. The van der Waals surface area contributed by atoms with Crippen LogP contribution in [0.2, 0.25) is 0 Å². The van der Waals surface area contributed by atoms with Crippen molar-refractivity contribution in [1.82, 2.24) is 9.99 Å². The molecule has 0 saturated heterocycles.